The highest BCUT2D eigenvalue weighted by atomic mass is 16.3. The molecule has 0 aliphatic heterocycles. The Hall–Kier alpha value is -1.27. The van der Waals surface area contributed by atoms with Gasteiger partial charge in [0, 0.05) is 0 Å². The second-order valence-electron chi connectivity index (χ2n) is 3.81. The van der Waals surface area contributed by atoms with Gasteiger partial charge in [-0.15, -0.1) is 5.10 Å². The molecule has 0 bridgehead atoms. The smallest absolute Gasteiger partial charge is 0.243 e. The lowest BCUT2D eigenvalue weighted by Crippen LogP contribution is -2.43. The molecule has 15 heavy (non-hydrogen) atoms. The molecule has 0 saturated heterocycles. The van der Waals surface area contributed by atoms with Crippen LogP contribution in [0.5, 0.6) is 0 Å². The molecule has 0 radical (unpaired) electrons. The van der Waals surface area contributed by atoms with Crippen LogP contribution in [0.2, 0.25) is 0 Å². The highest BCUT2D eigenvalue weighted by Gasteiger charge is 2.23. The maximum absolute atomic E-state index is 9.07. The van der Waals surface area contributed by atoms with Crippen LogP contribution >= 0.6 is 0 Å². The zero-order valence-electron chi connectivity index (χ0n) is 9.15. The number of aromatic nitrogens is 3. The van der Waals surface area contributed by atoms with E-state index in [9.17, 15) is 0 Å². The summed E-state index contributed by atoms with van der Waals surface area (Å²) in [6.45, 7) is 4.89. The molecule has 0 aromatic carbocycles. The van der Waals surface area contributed by atoms with Gasteiger partial charge in [0.15, 0.2) is 0 Å². The van der Waals surface area contributed by atoms with E-state index >= 15 is 0 Å². The predicted molar refractivity (Wildman–Crippen MR) is 55.5 cm³/mol. The van der Waals surface area contributed by atoms with Crippen molar-refractivity contribution in [3.8, 4) is 0 Å². The maximum Gasteiger partial charge on any atom is 0.243 e. The second kappa shape index (κ2) is 4.50. The molecule has 6 nitrogen and oxygen atoms in total. The lowest BCUT2D eigenvalue weighted by Gasteiger charge is -2.25. The molecule has 1 aromatic heterocycles. The van der Waals surface area contributed by atoms with Crippen LogP contribution in [0, 0.1) is 13.8 Å². The molecule has 1 aromatic rings. The first-order valence-corrected chi connectivity index (χ1v) is 4.68. The van der Waals surface area contributed by atoms with Crippen molar-refractivity contribution in [3.05, 3.63) is 11.4 Å². The minimum Gasteiger partial charge on any atom is -0.394 e. The lowest BCUT2D eigenvalue weighted by molar-refractivity contribution is 0.147. The van der Waals surface area contributed by atoms with Gasteiger partial charge in [-0.05, 0) is 20.8 Å². The minimum absolute atomic E-state index is 0.209. The van der Waals surface area contributed by atoms with Crippen molar-refractivity contribution >= 4 is 5.95 Å². The topological polar surface area (TPSA) is 91.2 Å². The quantitative estimate of drug-likeness (QED) is 0.631. The van der Waals surface area contributed by atoms with Crippen LogP contribution in [-0.2, 0) is 0 Å². The Kier molecular flexibility index (Phi) is 3.54. The van der Waals surface area contributed by atoms with Gasteiger partial charge in [-0.25, -0.2) is 4.98 Å². The number of anilines is 1. The summed E-state index contributed by atoms with van der Waals surface area (Å²) < 4.78 is 0. The summed E-state index contributed by atoms with van der Waals surface area (Å²) in [7, 11) is 0. The van der Waals surface area contributed by atoms with E-state index in [1.54, 1.807) is 6.92 Å². The molecule has 0 atom stereocenters. The third-order valence-corrected chi connectivity index (χ3v) is 2.20. The van der Waals surface area contributed by atoms with E-state index in [0.29, 0.717) is 5.95 Å². The van der Waals surface area contributed by atoms with Crippen LogP contribution < -0.4 is 5.32 Å². The highest BCUT2D eigenvalue weighted by molar-refractivity contribution is 5.29. The monoisotopic (exact) mass is 212 g/mol. The fraction of sp³-hybridized carbons (Fsp3) is 0.667. The Morgan fingerprint density at radius 2 is 1.73 bits per heavy atom. The average molecular weight is 212 g/mol. The van der Waals surface area contributed by atoms with Crippen LogP contribution in [0.25, 0.3) is 0 Å². The van der Waals surface area contributed by atoms with Crippen LogP contribution in [-0.4, -0.2) is 44.1 Å². The number of aliphatic hydroxyl groups is 2. The molecule has 1 heterocycles. The SMILES string of the molecule is Cc1nnc(NC(C)(CO)CO)nc1C. The predicted octanol–water partition coefficient (Wildman–Crippen LogP) is -0.356. The number of hydrogen-bond acceptors (Lipinski definition) is 6. The largest absolute Gasteiger partial charge is 0.394 e. The summed E-state index contributed by atoms with van der Waals surface area (Å²) in [6, 6.07) is 0. The number of aliphatic hydroxyl groups excluding tert-OH is 2. The molecular weight excluding hydrogens is 196 g/mol. The summed E-state index contributed by atoms with van der Waals surface area (Å²) in [5, 5.41) is 28.7. The maximum atomic E-state index is 9.07. The van der Waals surface area contributed by atoms with Gasteiger partial charge in [0.2, 0.25) is 5.95 Å². The van der Waals surface area contributed by atoms with E-state index < -0.39 is 5.54 Å². The fourth-order valence-corrected chi connectivity index (χ4v) is 0.909. The van der Waals surface area contributed by atoms with Crippen molar-refractivity contribution in [1.82, 2.24) is 15.2 Å². The fourth-order valence-electron chi connectivity index (χ4n) is 0.909. The van der Waals surface area contributed by atoms with E-state index in [0.717, 1.165) is 11.4 Å². The zero-order valence-corrected chi connectivity index (χ0v) is 9.15. The molecular formula is C9H16N4O2. The first-order chi connectivity index (χ1) is 7.00. The standard InChI is InChI=1S/C9H16N4O2/c1-6-7(2)12-13-8(10-6)11-9(3,4-14)5-15/h14-15H,4-5H2,1-3H3,(H,10,11,13). The summed E-state index contributed by atoms with van der Waals surface area (Å²) in [5.41, 5.74) is 0.699. The van der Waals surface area contributed by atoms with Gasteiger partial charge < -0.3 is 15.5 Å². The van der Waals surface area contributed by atoms with Gasteiger partial charge in [-0.1, -0.05) is 0 Å². The summed E-state index contributed by atoms with van der Waals surface area (Å²) in [5.74, 6) is 0.309. The van der Waals surface area contributed by atoms with E-state index in [1.807, 2.05) is 13.8 Å². The first-order valence-electron chi connectivity index (χ1n) is 4.68. The molecule has 0 fully saturated rings. The molecule has 0 saturated carbocycles. The Balaban J connectivity index is 2.85. The van der Waals surface area contributed by atoms with E-state index in [-0.39, 0.29) is 13.2 Å². The third-order valence-electron chi connectivity index (χ3n) is 2.20. The number of nitrogens with one attached hydrogen (secondary N) is 1. The molecule has 0 aliphatic rings. The normalized spacial score (nSPS) is 11.5. The van der Waals surface area contributed by atoms with E-state index in [1.165, 1.54) is 0 Å². The van der Waals surface area contributed by atoms with Gasteiger partial charge >= 0.3 is 0 Å². The number of aryl methyl sites for hydroxylation is 2. The minimum atomic E-state index is -0.830. The highest BCUT2D eigenvalue weighted by Crippen LogP contribution is 2.10. The van der Waals surface area contributed by atoms with Crippen molar-refractivity contribution in [1.29, 1.82) is 0 Å². The second-order valence-corrected chi connectivity index (χ2v) is 3.81. The van der Waals surface area contributed by atoms with Crippen LogP contribution in [0.3, 0.4) is 0 Å². The van der Waals surface area contributed by atoms with Crippen molar-refractivity contribution < 1.29 is 10.2 Å². The van der Waals surface area contributed by atoms with E-state index in [2.05, 4.69) is 20.5 Å². The van der Waals surface area contributed by atoms with Gasteiger partial charge in [0.1, 0.15) is 0 Å². The Bertz CT molecular complexity index is 339. The third kappa shape index (κ3) is 2.84. The first kappa shape index (κ1) is 11.8. The van der Waals surface area contributed by atoms with Crippen molar-refractivity contribution in [2.75, 3.05) is 18.5 Å². The van der Waals surface area contributed by atoms with Gasteiger partial charge in [0.25, 0.3) is 0 Å². The molecule has 6 heteroatoms. The average Bonchev–Trinajstić information content (AvgIpc) is 2.23. The van der Waals surface area contributed by atoms with Gasteiger partial charge in [-0.2, -0.15) is 5.10 Å². The number of rotatable bonds is 4. The summed E-state index contributed by atoms with van der Waals surface area (Å²) in [4.78, 5) is 4.15. The molecule has 0 amide bonds. The van der Waals surface area contributed by atoms with Gasteiger partial charge in [0.05, 0.1) is 30.1 Å². The van der Waals surface area contributed by atoms with Gasteiger partial charge in [-0.3, -0.25) is 0 Å². The molecule has 0 unspecified atom stereocenters. The Morgan fingerprint density at radius 3 is 2.20 bits per heavy atom. The van der Waals surface area contributed by atoms with Crippen molar-refractivity contribution in [2.24, 2.45) is 0 Å². The molecule has 3 N–H and O–H groups in total. The van der Waals surface area contributed by atoms with Crippen LogP contribution in [0.15, 0.2) is 0 Å². The number of hydrogen-bond donors (Lipinski definition) is 3. The Morgan fingerprint density at radius 1 is 1.13 bits per heavy atom. The molecule has 0 spiro atoms. The van der Waals surface area contributed by atoms with Crippen LogP contribution in [0.4, 0.5) is 5.95 Å². The lowest BCUT2D eigenvalue weighted by atomic mass is 10.1. The molecule has 84 valence electrons. The Labute approximate surface area is 88.4 Å². The molecule has 0 aliphatic carbocycles. The number of nitrogens with zero attached hydrogens (tertiary/aromatic N) is 3. The van der Waals surface area contributed by atoms with E-state index in [4.69, 9.17) is 10.2 Å². The summed E-state index contributed by atoms with van der Waals surface area (Å²) in [6.07, 6.45) is 0. The van der Waals surface area contributed by atoms with Crippen LogP contribution in [0.1, 0.15) is 18.3 Å². The summed E-state index contributed by atoms with van der Waals surface area (Å²) >= 11 is 0. The zero-order chi connectivity index (χ0) is 11.5. The molecule has 1 rings (SSSR count). The van der Waals surface area contributed by atoms with Crippen molar-refractivity contribution in [3.63, 3.8) is 0 Å². The van der Waals surface area contributed by atoms with Crippen molar-refractivity contribution in [2.45, 2.75) is 26.3 Å².